The molecule has 1 saturated heterocycles. The molecule has 0 bridgehead atoms. The van der Waals surface area contributed by atoms with Gasteiger partial charge in [0.05, 0.1) is 16.0 Å². The number of nitrogens with zero attached hydrogens (tertiary/aromatic N) is 4. The molecule has 0 N–H and O–H groups in total. The lowest BCUT2D eigenvalue weighted by Crippen LogP contribution is -2.30. The van der Waals surface area contributed by atoms with Crippen molar-refractivity contribution in [2.75, 3.05) is 18.0 Å². The lowest BCUT2D eigenvalue weighted by molar-refractivity contribution is -0.384. The van der Waals surface area contributed by atoms with Crippen molar-refractivity contribution in [3.8, 4) is 16.9 Å². The van der Waals surface area contributed by atoms with Crippen LogP contribution in [0.1, 0.15) is 30.4 Å². The first-order chi connectivity index (χ1) is 16.4. The fourth-order valence-corrected chi connectivity index (χ4v) is 4.82. The molecule has 1 aliphatic rings. The maximum Gasteiger partial charge on any atom is 0.295 e. The molecule has 1 aromatic heterocycles. The Morgan fingerprint density at radius 2 is 1.65 bits per heavy atom. The first-order valence-electron chi connectivity index (χ1n) is 11.6. The minimum Gasteiger partial charge on any atom is -0.371 e. The maximum atomic E-state index is 13.6. The van der Waals surface area contributed by atoms with Crippen molar-refractivity contribution in [3.05, 3.63) is 92.3 Å². The molecule has 34 heavy (non-hydrogen) atoms. The van der Waals surface area contributed by atoms with Crippen LogP contribution in [-0.4, -0.2) is 27.8 Å². The van der Waals surface area contributed by atoms with Crippen molar-refractivity contribution in [2.45, 2.75) is 33.1 Å². The van der Waals surface area contributed by atoms with Crippen molar-refractivity contribution in [2.24, 2.45) is 0 Å². The number of aromatic nitrogens is 2. The minimum atomic E-state index is -0.449. The molecule has 5 rings (SSSR count). The van der Waals surface area contributed by atoms with E-state index in [2.05, 4.69) is 11.0 Å². The van der Waals surface area contributed by atoms with E-state index < -0.39 is 4.92 Å². The lowest BCUT2D eigenvalue weighted by atomic mass is 9.99. The summed E-state index contributed by atoms with van der Waals surface area (Å²) in [6, 6.07) is 18.4. The maximum absolute atomic E-state index is 13.6. The standard InChI is InChI=1S/C27H26N4O3/c1-18-10-12-21(19(2)16-18)26-22-8-4-5-9-23(22)27(32)30(28-26)25-17-20(11-13-24(25)31(33)34)29-14-6-3-7-15-29/h4-5,8-13,16-17H,3,6-7,14-15H2,1-2H3. The normalized spacial score (nSPS) is 13.9. The molecule has 1 fully saturated rings. The Morgan fingerprint density at radius 3 is 2.35 bits per heavy atom. The van der Waals surface area contributed by atoms with Gasteiger partial charge >= 0.3 is 0 Å². The number of rotatable bonds is 4. The second kappa shape index (κ2) is 8.74. The Labute approximate surface area is 197 Å². The zero-order chi connectivity index (χ0) is 23.8. The molecule has 1 aliphatic heterocycles. The second-order valence-electron chi connectivity index (χ2n) is 8.91. The van der Waals surface area contributed by atoms with Crippen molar-refractivity contribution in [3.63, 3.8) is 0 Å². The van der Waals surface area contributed by atoms with Gasteiger partial charge in [-0.15, -0.1) is 0 Å². The van der Waals surface area contributed by atoms with Crippen LogP contribution in [0.3, 0.4) is 0 Å². The minimum absolute atomic E-state index is 0.141. The van der Waals surface area contributed by atoms with Crippen LogP contribution in [0.25, 0.3) is 27.7 Å². The van der Waals surface area contributed by atoms with Crippen LogP contribution in [0.15, 0.2) is 65.5 Å². The van der Waals surface area contributed by atoms with Crippen molar-refractivity contribution in [1.29, 1.82) is 0 Å². The van der Waals surface area contributed by atoms with Crippen LogP contribution in [0.2, 0.25) is 0 Å². The quantitative estimate of drug-likeness (QED) is 0.297. The molecule has 0 unspecified atom stereocenters. The van der Waals surface area contributed by atoms with E-state index >= 15 is 0 Å². The predicted octanol–water partition coefficient (Wildman–Crippen LogP) is 5.57. The average Bonchev–Trinajstić information content (AvgIpc) is 2.85. The molecular weight excluding hydrogens is 428 g/mol. The highest BCUT2D eigenvalue weighted by molar-refractivity contribution is 5.94. The molecule has 172 valence electrons. The van der Waals surface area contributed by atoms with Gasteiger partial charge in [0, 0.05) is 35.8 Å². The number of anilines is 1. The third kappa shape index (κ3) is 3.83. The molecular formula is C27H26N4O3. The van der Waals surface area contributed by atoms with Gasteiger partial charge in [0.15, 0.2) is 0 Å². The zero-order valence-electron chi connectivity index (χ0n) is 19.3. The number of benzene rings is 3. The number of nitro benzene ring substituents is 1. The fourth-order valence-electron chi connectivity index (χ4n) is 4.82. The van der Waals surface area contributed by atoms with E-state index in [4.69, 9.17) is 5.10 Å². The highest BCUT2D eigenvalue weighted by Crippen LogP contribution is 2.32. The number of hydrogen-bond acceptors (Lipinski definition) is 5. The van der Waals surface area contributed by atoms with Crippen LogP contribution < -0.4 is 10.5 Å². The number of nitro groups is 1. The van der Waals surface area contributed by atoms with E-state index in [0.717, 1.165) is 53.7 Å². The summed E-state index contributed by atoms with van der Waals surface area (Å²) in [5, 5.41) is 17.9. The van der Waals surface area contributed by atoms with E-state index in [0.29, 0.717) is 11.1 Å². The molecule has 7 heteroatoms. The first kappa shape index (κ1) is 21.8. The molecule has 0 atom stereocenters. The Kier molecular flexibility index (Phi) is 5.61. The number of fused-ring (bicyclic) bond motifs is 1. The fraction of sp³-hybridized carbons (Fsp3) is 0.259. The predicted molar refractivity (Wildman–Crippen MR) is 135 cm³/mol. The second-order valence-corrected chi connectivity index (χ2v) is 8.91. The van der Waals surface area contributed by atoms with Gasteiger partial charge in [-0.25, -0.2) is 0 Å². The van der Waals surface area contributed by atoms with Crippen molar-refractivity contribution < 1.29 is 4.92 Å². The number of piperidine rings is 1. The Hall–Kier alpha value is -4.00. The summed E-state index contributed by atoms with van der Waals surface area (Å²) in [5.74, 6) is 0. The van der Waals surface area contributed by atoms with Gasteiger partial charge in [-0.1, -0.05) is 42.0 Å². The van der Waals surface area contributed by atoms with Crippen LogP contribution in [-0.2, 0) is 0 Å². The summed E-state index contributed by atoms with van der Waals surface area (Å²) in [5.41, 5.74) is 4.23. The van der Waals surface area contributed by atoms with Gasteiger partial charge in [-0.2, -0.15) is 9.78 Å². The molecule has 0 aliphatic carbocycles. The largest absolute Gasteiger partial charge is 0.371 e. The topological polar surface area (TPSA) is 81.3 Å². The monoisotopic (exact) mass is 454 g/mol. The van der Waals surface area contributed by atoms with Crippen LogP contribution >= 0.6 is 0 Å². The van der Waals surface area contributed by atoms with Crippen LogP contribution in [0.4, 0.5) is 11.4 Å². The summed E-state index contributed by atoms with van der Waals surface area (Å²) in [6.07, 6.45) is 3.34. The lowest BCUT2D eigenvalue weighted by Gasteiger charge is -2.29. The highest BCUT2D eigenvalue weighted by atomic mass is 16.6. The van der Waals surface area contributed by atoms with E-state index in [1.807, 2.05) is 38.1 Å². The molecule has 0 radical (unpaired) electrons. The molecule has 3 aromatic carbocycles. The van der Waals surface area contributed by atoms with Gasteiger partial charge < -0.3 is 4.90 Å². The zero-order valence-corrected chi connectivity index (χ0v) is 19.3. The molecule has 7 nitrogen and oxygen atoms in total. The third-order valence-corrected chi connectivity index (χ3v) is 6.55. The summed E-state index contributed by atoms with van der Waals surface area (Å²) >= 11 is 0. The van der Waals surface area contributed by atoms with Crippen molar-refractivity contribution >= 4 is 22.1 Å². The third-order valence-electron chi connectivity index (χ3n) is 6.55. The first-order valence-corrected chi connectivity index (χ1v) is 11.6. The summed E-state index contributed by atoms with van der Waals surface area (Å²) in [6.45, 7) is 5.82. The van der Waals surface area contributed by atoms with Gasteiger partial charge in [0.25, 0.3) is 11.2 Å². The van der Waals surface area contributed by atoms with Gasteiger partial charge in [0.2, 0.25) is 0 Å². The average molecular weight is 455 g/mol. The molecule has 0 spiro atoms. The summed E-state index contributed by atoms with van der Waals surface area (Å²) < 4.78 is 1.21. The Morgan fingerprint density at radius 1 is 0.912 bits per heavy atom. The van der Waals surface area contributed by atoms with Crippen molar-refractivity contribution in [1.82, 2.24) is 9.78 Å². The number of hydrogen-bond donors (Lipinski definition) is 0. The van der Waals surface area contributed by atoms with Crippen LogP contribution in [0, 0.1) is 24.0 Å². The van der Waals surface area contributed by atoms with Crippen LogP contribution in [0.5, 0.6) is 0 Å². The van der Waals surface area contributed by atoms with Gasteiger partial charge in [-0.05, 0) is 56.9 Å². The van der Waals surface area contributed by atoms with E-state index in [9.17, 15) is 14.9 Å². The molecule has 4 aromatic rings. The van der Waals surface area contributed by atoms with E-state index in [1.54, 1.807) is 24.3 Å². The Balaban J connectivity index is 1.80. The van der Waals surface area contributed by atoms with E-state index in [1.165, 1.54) is 17.2 Å². The van der Waals surface area contributed by atoms with Gasteiger partial charge in [-0.3, -0.25) is 14.9 Å². The highest BCUT2D eigenvalue weighted by Gasteiger charge is 2.23. The SMILES string of the molecule is Cc1ccc(-c2nn(-c3cc(N4CCCCC4)ccc3[N+](=O)[O-])c(=O)c3ccccc23)c(C)c1. The Bertz CT molecular complexity index is 1470. The van der Waals surface area contributed by atoms with E-state index in [-0.39, 0.29) is 16.9 Å². The smallest absolute Gasteiger partial charge is 0.295 e. The molecule has 0 amide bonds. The number of aryl methyl sites for hydroxylation is 2. The summed E-state index contributed by atoms with van der Waals surface area (Å²) in [4.78, 5) is 27.3. The molecule has 0 saturated carbocycles. The summed E-state index contributed by atoms with van der Waals surface area (Å²) in [7, 11) is 0. The molecule has 2 heterocycles. The van der Waals surface area contributed by atoms with Gasteiger partial charge in [0.1, 0.15) is 5.69 Å².